The van der Waals surface area contributed by atoms with Crippen LogP contribution in [0.1, 0.15) is 21.5 Å². The molecule has 0 fully saturated rings. The maximum atomic E-state index is 14.3. The van der Waals surface area contributed by atoms with E-state index in [0.717, 1.165) is 11.1 Å². The second-order valence-corrected chi connectivity index (χ2v) is 12.5. The van der Waals surface area contributed by atoms with Gasteiger partial charge in [-0.2, -0.15) is 0 Å². The normalized spacial score (nSPS) is 11.8. The van der Waals surface area contributed by atoms with Crippen LogP contribution in [0.3, 0.4) is 0 Å². The fraction of sp³-hybridized carbons (Fsp3) is 0.240. The molecule has 0 aliphatic carbocycles. The Hall–Kier alpha value is -2.89. The SMILES string of the molecule is COc1cc(OC)cc(C(=O)C(O[Si](C)(C)C)(c2ccccc2)c2ccccc2)c1. The lowest BCUT2D eigenvalue weighted by Crippen LogP contribution is -2.47. The Morgan fingerprint density at radius 3 is 1.53 bits per heavy atom. The van der Waals surface area contributed by atoms with E-state index in [-0.39, 0.29) is 5.78 Å². The summed E-state index contributed by atoms with van der Waals surface area (Å²) < 4.78 is 17.6. The minimum Gasteiger partial charge on any atom is -0.497 e. The van der Waals surface area contributed by atoms with E-state index in [0.29, 0.717) is 17.1 Å². The van der Waals surface area contributed by atoms with Crippen molar-refractivity contribution in [3.8, 4) is 11.5 Å². The van der Waals surface area contributed by atoms with Gasteiger partial charge in [0.05, 0.1) is 14.2 Å². The molecule has 0 amide bonds. The molecule has 156 valence electrons. The van der Waals surface area contributed by atoms with Crippen LogP contribution < -0.4 is 9.47 Å². The van der Waals surface area contributed by atoms with E-state index in [1.54, 1.807) is 32.4 Å². The highest BCUT2D eigenvalue weighted by atomic mass is 28.4. The molecule has 0 bridgehead atoms. The topological polar surface area (TPSA) is 44.8 Å². The first kappa shape index (κ1) is 21.8. The summed E-state index contributed by atoms with van der Waals surface area (Å²) in [5, 5.41) is 0. The Morgan fingerprint density at radius 1 is 0.733 bits per heavy atom. The number of methoxy groups -OCH3 is 2. The van der Waals surface area contributed by atoms with Crippen molar-refractivity contribution in [2.75, 3.05) is 14.2 Å². The summed E-state index contributed by atoms with van der Waals surface area (Å²) in [7, 11) is 0.964. The molecule has 3 aromatic carbocycles. The molecule has 0 unspecified atom stereocenters. The third-order valence-corrected chi connectivity index (χ3v) is 5.67. The van der Waals surface area contributed by atoms with Crippen molar-refractivity contribution in [1.29, 1.82) is 0 Å². The molecule has 5 heteroatoms. The van der Waals surface area contributed by atoms with Crippen LogP contribution in [0.2, 0.25) is 19.6 Å². The number of benzene rings is 3. The molecule has 0 N–H and O–H groups in total. The van der Waals surface area contributed by atoms with Crippen LogP contribution in [0.25, 0.3) is 0 Å². The third-order valence-electron chi connectivity index (χ3n) is 4.75. The van der Waals surface area contributed by atoms with Gasteiger partial charge in [0, 0.05) is 11.6 Å². The first-order valence-electron chi connectivity index (χ1n) is 9.89. The summed E-state index contributed by atoms with van der Waals surface area (Å²) in [6.45, 7) is 6.27. The molecule has 0 atom stereocenters. The molecular weight excluding hydrogens is 392 g/mol. The van der Waals surface area contributed by atoms with Gasteiger partial charge in [0.25, 0.3) is 0 Å². The highest BCUT2D eigenvalue weighted by molar-refractivity contribution is 6.70. The maximum Gasteiger partial charge on any atom is 0.203 e. The van der Waals surface area contributed by atoms with Gasteiger partial charge in [-0.15, -0.1) is 0 Å². The fourth-order valence-corrected chi connectivity index (χ4v) is 4.79. The first-order valence-corrected chi connectivity index (χ1v) is 13.3. The maximum absolute atomic E-state index is 14.3. The van der Waals surface area contributed by atoms with Crippen molar-refractivity contribution in [2.45, 2.75) is 25.2 Å². The molecule has 30 heavy (non-hydrogen) atoms. The van der Waals surface area contributed by atoms with Gasteiger partial charge < -0.3 is 13.9 Å². The molecule has 0 saturated heterocycles. The second kappa shape index (κ2) is 8.86. The molecule has 4 nitrogen and oxygen atoms in total. The van der Waals surface area contributed by atoms with Crippen LogP contribution >= 0.6 is 0 Å². The Bertz CT molecular complexity index is 933. The standard InChI is InChI=1S/C25H28O4Si/c1-27-22-16-19(17-23(18-22)28-2)24(26)25(29-30(3,4)5,20-12-8-6-9-13-20)21-14-10-7-11-15-21/h6-18H,1-5H3. The predicted molar refractivity (Wildman–Crippen MR) is 122 cm³/mol. The number of carbonyl (C=O) groups excluding carboxylic acids is 1. The Kier molecular flexibility index (Phi) is 6.44. The Morgan fingerprint density at radius 2 is 1.17 bits per heavy atom. The zero-order valence-corrected chi connectivity index (χ0v) is 19.1. The minimum absolute atomic E-state index is 0.153. The molecule has 0 aromatic heterocycles. The summed E-state index contributed by atoms with van der Waals surface area (Å²) in [6, 6.07) is 24.6. The van der Waals surface area contributed by atoms with Gasteiger partial charge in [0.15, 0.2) is 13.9 Å². The van der Waals surface area contributed by atoms with Crippen molar-refractivity contribution in [2.24, 2.45) is 0 Å². The predicted octanol–water partition coefficient (Wildman–Crippen LogP) is 5.68. The van der Waals surface area contributed by atoms with E-state index in [4.69, 9.17) is 13.9 Å². The average molecular weight is 421 g/mol. The second-order valence-electron chi connectivity index (χ2n) is 8.06. The molecule has 3 rings (SSSR count). The van der Waals surface area contributed by atoms with Crippen LogP contribution in [0, 0.1) is 0 Å². The third kappa shape index (κ3) is 4.47. The molecule has 3 aromatic rings. The van der Waals surface area contributed by atoms with E-state index >= 15 is 0 Å². The Labute approximate surface area is 179 Å². The average Bonchev–Trinajstić information content (AvgIpc) is 2.77. The minimum atomic E-state index is -2.18. The van der Waals surface area contributed by atoms with Crippen molar-refractivity contribution >= 4 is 14.1 Å². The highest BCUT2D eigenvalue weighted by Gasteiger charge is 2.46. The monoisotopic (exact) mass is 420 g/mol. The number of ether oxygens (including phenoxy) is 2. The fourth-order valence-electron chi connectivity index (χ4n) is 3.54. The quantitative estimate of drug-likeness (QED) is 0.347. The van der Waals surface area contributed by atoms with Gasteiger partial charge in [0.1, 0.15) is 11.5 Å². The van der Waals surface area contributed by atoms with Crippen molar-refractivity contribution in [1.82, 2.24) is 0 Å². The lowest BCUT2D eigenvalue weighted by molar-refractivity contribution is 0.0558. The van der Waals surface area contributed by atoms with Crippen LogP contribution in [0.5, 0.6) is 11.5 Å². The van der Waals surface area contributed by atoms with Gasteiger partial charge in [-0.05, 0) is 42.9 Å². The number of carbonyl (C=O) groups is 1. The summed E-state index contributed by atoms with van der Waals surface area (Å²) in [4.78, 5) is 14.3. The van der Waals surface area contributed by atoms with Gasteiger partial charge in [-0.25, -0.2) is 0 Å². The molecule has 0 radical (unpaired) electrons. The van der Waals surface area contributed by atoms with Gasteiger partial charge >= 0.3 is 0 Å². The van der Waals surface area contributed by atoms with Crippen LogP contribution in [-0.2, 0) is 10.0 Å². The number of hydrogen-bond acceptors (Lipinski definition) is 4. The van der Waals surface area contributed by atoms with Crippen LogP contribution in [-0.4, -0.2) is 28.3 Å². The molecular formula is C25H28O4Si. The van der Waals surface area contributed by atoms with E-state index in [1.807, 2.05) is 60.7 Å². The van der Waals surface area contributed by atoms with Gasteiger partial charge in [-0.3, -0.25) is 4.79 Å². The number of ketones is 1. The van der Waals surface area contributed by atoms with E-state index in [2.05, 4.69) is 19.6 Å². The lowest BCUT2D eigenvalue weighted by atomic mass is 9.80. The Balaban J connectivity index is 2.32. The van der Waals surface area contributed by atoms with E-state index < -0.39 is 13.9 Å². The summed E-state index contributed by atoms with van der Waals surface area (Å²) in [6.07, 6.45) is 0. The van der Waals surface area contributed by atoms with Crippen LogP contribution in [0.15, 0.2) is 78.9 Å². The van der Waals surface area contributed by atoms with Crippen molar-refractivity contribution in [3.05, 3.63) is 95.6 Å². The molecule has 0 spiro atoms. The zero-order chi connectivity index (χ0) is 21.8. The van der Waals surface area contributed by atoms with Gasteiger partial charge in [-0.1, -0.05) is 60.7 Å². The summed E-state index contributed by atoms with van der Waals surface area (Å²) in [5.41, 5.74) is 0.790. The number of Topliss-reactive ketones (excluding diaryl/α,β-unsaturated/α-hetero) is 1. The molecule has 0 aliphatic rings. The molecule has 0 saturated carbocycles. The van der Waals surface area contributed by atoms with Crippen molar-refractivity contribution in [3.63, 3.8) is 0 Å². The number of hydrogen-bond donors (Lipinski definition) is 0. The summed E-state index contributed by atoms with van der Waals surface area (Å²) >= 11 is 0. The molecule has 0 aliphatic heterocycles. The smallest absolute Gasteiger partial charge is 0.203 e. The van der Waals surface area contributed by atoms with Crippen molar-refractivity contribution < 1.29 is 18.7 Å². The van der Waals surface area contributed by atoms with Gasteiger partial charge in [0.2, 0.25) is 5.78 Å². The summed E-state index contributed by atoms with van der Waals surface area (Å²) in [5.74, 6) is 0.959. The van der Waals surface area contributed by atoms with Crippen LogP contribution in [0.4, 0.5) is 0 Å². The largest absolute Gasteiger partial charge is 0.497 e. The van der Waals surface area contributed by atoms with E-state index in [9.17, 15) is 4.79 Å². The zero-order valence-electron chi connectivity index (χ0n) is 18.1. The first-order chi connectivity index (χ1) is 14.3. The lowest BCUT2D eigenvalue weighted by Gasteiger charge is -2.39. The highest BCUT2D eigenvalue weighted by Crippen LogP contribution is 2.40. The number of rotatable bonds is 8. The van der Waals surface area contributed by atoms with E-state index in [1.165, 1.54) is 0 Å². The molecule has 0 heterocycles.